The van der Waals surface area contributed by atoms with Crippen LogP contribution in [-0.2, 0) is 9.53 Å². The highest BCUT2D eigenvalue weighted by Crippen LogP contribution is 2.31. The Labute approximate surface area is 166 Å². The van der Waals surface area contributed by atoms with Crippen LogP contribution in [0.1, 0.15) is 30.9 Å². The lowest BCUT2D eigenvalue weighted by atomic mass is 9.91. The number of H-pyrrole nitrogens is 1. The number of hydrogen-bond acceptors (Lipinski definition) is 2. The molecule has 0 aliphatic carbocycles. The van der Waals surface area contributed by atoms with Crippen LogP contribution in [0.2, 0.25) is 0 Å². The van der Waals surface area contributed by atoms with Crippen molar-refractivity contribution in [2.24, 2.45) is 0 Å². The third kappa shape index (κ3) is 4.90. The van der Waals surface area contributed by atoms with Crippen LogP contribution in [0.5, 0.6) is 0 Å². The van der Waals surface area contributed by atoms with Crippen molar-refractivity contribution < 1.29 is 26.8 Å². The second-order valence-electron chi connectivity index (χ2n) is 6.51. The summed E-state index contributed by atoms with van der Waals surface area (Å²) in [7, 11) is 0. The summed E-state index contributed by atoms with van der Waals surface area (Å²) < 4.78 is 5.69. The van der Waals surface area contributed by atoms with Crippen molar-refractivity contribution in [3.63, 3.8) is 0 Å². The number of esters is 1. The summed E-state index contributed by atoms with van der Waals surface area (Å²) in [5.74, 6) is -0.605. The van der Waals surface area contributed by atoms with Gasteiger partial charge in [0.05, 0.1) is 13.1 Å². The van der Waals surface area contributed by atoms with Crippen LogP contribution in [0.3, 0.4) is 0 Å². The predicted octanol–water partition coefficient (Wildman–Crippen LogP) is -0.228. The summed E-state index contributed by atoms with van der Waals surface area (Å²) in [6.07, 6.45) is 1.93. The lowest BCUT2D eigenvalue weighted by Gasteiger charge is -2.18. The highest BCUT2D eigenvalue weighted by Gasteiger charge is 2.27. The van der Waals surface area contributed by atoms with Gasteiger partial charge in [0.25, 0.3) is 0 Å². The fourth-order valence-corrected chi connectivity index (χ4v) is 3.40. The van der Waals surface area contributed by atoms with Crippen molar-refractivity contribution in [2.75, 3.05) is 26.2 Å². The molecule has 0 spiro atoms. The Hall–Kier alpha value is -2.30. The lowest BCUT2D eigenvalue weighted by Crippen LogP contribution is -3.11. The normalized spacial score (nSPS) is 12.0. The highest BCUT2D eigenvalue weighted by atomic mass is 35.5. The molecular formula is C22H27ClN2O2. The molecule has 2 N–H and O–H groups in total. The largest absolute Gasteiger partial charge is 1.00 e. The second kappa shape index (κ2) is 10.1. The smallest absolute Gasteiger partial charge is 0.318 e. The molecule has 0 aliphatic rings. The molecular weight excluding hydrogens is 360 g/mol. The van der Waals surface area contributed by atoms with Gasteiger partial charge in [-0.05, 0) is 31.0 Å². The maximum Gasteiger partial charge on any atom is 0.318 e. The molecule has 0 fully saturated rings. The molecule has 0 radical (unpaired) electrons. The average Bonchev–Trinajstić information content (AvgIpc) is 3.10. The number of fused-ring (bicyclic) bond motifs is 1. The first-order valence-corrected chi connectivity index (χ1v) is 9.35. The van der Waals surface area contributed by atoms with Gasteiger partial charge in [0, 0.05) is 17.1 Å². The van der Waals surface area contributed by atoms with Crippen LogP contribution in [0.25, 0.3) is 10.9 Å². The molecule has 0 aliphatic heterocycles. The van der Waals surface area contributed by atoms with E-state index in [-0.39, 0.29) is 18.4 Å². The van der Waals surface area contributed by atoms with Crippen molar-refractivity contribution in [3.8, 4) is 0 Å². The zero-order valence-corrected chi connectivity index (χ0v) is 16.6. The van der Waals surface area contributed by atoms with Gasteiger partial charge in [-0.2, -0.15) is 0 Å². The van der Waals surface area contributed by atoms with E-state index < -0.39 is 5.92 Å². The molecule has 1 heterocycles. The summed E-state index contributed by atoms with van der Waals surface area (Å²) in [6.45, 7) is 7.67. The fraction of sp³-hybridized carbons (Fsp3) is 0.318. The minimum Gasteiger partial charge on any atom is -1.00 e. The van der Waals surface area contributed by atoms with Crippen molar-refractivity contribution >= 4 is 16.9 Å². The standard InChI is InChI=1S/C22H26N2O2.ClH/c1-3-24(4-2)14-15-26-22(25)21(17-10-6-5-7-11-17)19-16-23-20-13-9-8-12-18(19)20;/h5-13,16,21,23H,3-4,14-15H2,1-2H3;1H. The van der Waals surface area contributed by atoms with Crippen LogP contribution in [0, 0.1) is 0 Å². The molecule has 2 aromatic carbocycles. The van der Waals surface area contributed by atoms with E-state index in [9.17, 15) is 4.79 Å². The molecule has 5 heteroatoms. The van der Waals surface area contributed by atoms with Gasteiger partial charge in [0.2, 0.25) is 0 Å². The molecule has 144 valence electrons. The van der Waals surface area contributed by atoms with E-state index in [2.05, 4.69) is 18.8 Å². The number of rotatable bonds is 8. The third-order valence-corrected chi connectivity index (χ3v) is 5.00. The third-order valence-electron chi connectivity index (χ3n) is 5.00. The monoisotopic (exact) mass is 386 g/mol. The molecule has 0 saturated heterocycles. The van der Waals surface area contributed by atoms with Crippen LogP contribution < -0.4 is 17.3 Å². The number of para-hydroxylation sites is 1. The van der Waals surface area contributed by atoms with Crippen LogP contribution in [-0.4, -0.2) is 37.2 Å². The average molecular weight is 387 g/mol. The van der Waals surface area contributed by atoms with Crippen molar-refractivity contribution in [2.45, 2.75) is 19.8 Å². The molecule has 1 unspecified atom stereocenters. The summed E-state index contributed by atoms with van der Waals surface area (Å²) in [5.41, 5.74) is 2.95. The number of quaternary nitrogens is 1. The first-order valence-electron chi connectivity index (χ1n) is 9.35. The number of likely N-dealkylation sites (N-methyl/N-ethyl adjacent to an activating group) is 1. The second-order valence-corrected chi connectivity index (χ2v) is 6.51. The fourth-order valence-electron chi connectivity index (χ4n) is 3.40. The van der Waals surface area contributed by atoms with E-state index in [1.54, 1.807) is 0 Å². The molecule has 1 atom stereocenters. The number of carbonyl (C=O) groups excluding carboxylic acids is 1. The van der Waals surface area contributed by atoms with Gasteiger partial charge in [-0.15, -0.1) is 0 Å². The van der Waals surface area contributed by atoms with E-state index >= 15 is 0 Å². The van der Waals surface area contributed by atoms with E-state index in [0.29, 0.717) is 6.61 Å². The molecule has 0 bridgehead atoms. The molecule has 0 amide bonds. The molecule has 3 aromatic rings. The number of halogens is 1. The van der Waals surface area contributed by atoms with Gasteiger partial charge in [-0.25, -0.2) is 0 Å². The number of aromatic amines is 1. The zero-order chi connectivity index (χ0) is 18.4. The molecule has 27 heavy (non-hydrogen) atoms. The van der Waals surface area contributed by atoms with Crippen molar-refractivity contribution in [1.29, 1.82) is 0 Å². The summed E-state index contributed by atoms with van der Waals surface area (Å²) in [6, 6.07) is 17.9. The molecule has 3 rings (SSSR count). The maximum absolute atomic E-state index is 13.0. The topological polar surface area (TPSA) is 46.5 Å². The summed E-state index contributed by atoms with van der Waals surface area (Å²) in [5, 5.41) is 1.06. The van der Waals surface area contributed by atoms with Gasteiger partial charge >= 0.3 is 5.97 Å². The number of benzene rings is 2. The van der Waals surface area contributed by atoms with Gasteiger partial charge in [-0.3, -0.25) is 4.79 Å². The van der Waals surface area contributed by atoms with Gasteiger partial charge in [-0.1, -0.05) is 48.5 Å². The minimum atomic E-state index is -0.418. The molecule has 1 aromatic heterocycles. The predicted molar refractivity (Wildman–Crippen MR) is 104 cm³/mol. The Bertz CT molecular complexity index is 844. The number of aromatic nitrogens is 1. The summed E-state index contributed by atoms with van der Waals surface area (Å²) >= 11 is 0. The van der Waals surface area contributed by atoms with Gasteiger partial charge < -0.3 is 27.0 Å². The van der Waals surface area contributed by atoms with Gasteiger partial charge in [0.1, 0.15) is 19.1 Å². The van der Waals surface area contributed by atoms with E-state index in [4.69, 9.17) is 4.74 Å². The van der Waals surface area contributed by atoms with Crippen LogP contribution in [0.15, 0.2) is 60.8 Å². The lowest BCUT2D eigenvalue weighted by molar-refractivity contribution is -0.896. The maximum atomic E-state index is 13.0. The summed E-state index contributed by atoms with van der Waals surface area (Å²) in [4.78, 5) is 17.7. The Morgan fingerprint density at radius 2 is 1.70 bits per heavy atom. The SMILES string of the molecule is CC[NH+](CC)CCOC(=O)C(c1ccccc1)c1c[nH]c2ccccc12.[Cl-]. The number of hydrogen-bond donors (Lipinski definition) is 2. The number of nitrogens with one attached hydrogen (secondary N) is 2. The zero-order valence-electron chi connectivity index (χ0n) is 15.9. The molecule has 0 saturated carbocycles. The minimum absolute atomic E-state index is 0. The molecule has 4 nitrogen and oxygen atoms in total. The van der Waals surface area contributed by atoms with Gasteiger partial charge in [0.15, 0.2) is 0 Å². The Morgan fingerprint density at radius 1 is 1.04 bits per heavy atom. The first kappa shape index (κ1) is 21.0. The van der Waals surface area contributed by atoms with E-state index in [1.165, 1.54) is 4.90 Å². The quantitative estimate of drug-likeness (QED) is 0.525. The number of carbonyl (C=O) groups is 1. The van der Waals surface area contributed by atoms with Crippen molar-refractivity contribution in [1.82, 2.24) is 4.98 Å². The van der Waals surface area contributed by atoms with Crippen LogP contribution >= 0.6 is 0 Å². The highest BCUT2D eigenvalue weighted by molar-refractivity contribution is 5.92. The van der Waals surface area contributed by atoms with E-state index in [1.807, 2.05) is 60.8 Å². The van der Waals surface area contributed by atoms with Crippen LogP contribution in [0.4, 0.5) is 0 Å². The Kier molecular flexibility index (Phi) is 7.89. The van der Waals surface area contributed by atoms with Crippen molar-refractivity contribution in [3.05, 3.63) is 71.9 Å². The Morgan fingerprint density at radius 3 is 2.41 bits per heavy atom. The van der Waals surface area contributed by atoms with E-state index in [0.717, 1.165) is 41.7 Å². The Balaban J connectivity index is 0.00000261. The first-order chi connectivity index (χ1) is 12.7. The number of ether oxygens (including phenoxy) is 1.